The summed E-state index contributed by atoms with van der Waals surface area (Å²) in [4.78, 5) is 14.8. The smallest absolute Gasteiger partial charge is 0.309 e. The number of hydrogen-bond acceptors (Lipinski definition) is 4. The van der Waals surface area contributed by atoms with E-state index < -0.39 is 5.60 Å². The van der Waals surface area contributed by atoms with Gasteiger partial charge in [-0.05, 0) is 96.0 Å². The number of carbonyl (C=O) groups is 1. The quantitative estimate of drug-likeness (QED) is 0.624. The number of nitrogens with two attached hydrogens (primary N) is 1. The maximum Gasteiger partial charge on any atom is 0.309 e. The zero-order valence-electron chi connectivity index (χ0n) is 16.8. The first-order chi connectivity index (χ1) is 12.7. The molecule has 0 spiro atoms. The Balaban J connectivity index is 1.48. The first-order valence-electron chi connectivity index (χ1n) is 10.2. The molecule has 1 saturated heterocycles. The number of anilines is 1. The van der Waals surface area contributed by atoms with E-state index in [1.54, 1.807) is 6.07 Å². The minimum absolute atomic E-state index is 0.0431. The van der Waals surface area contributed by atoms with Crippen LogP contribution in [0.5, 0.6) is 0 Å². The molecule has 0 aromatic heterocycles. The normalized spacial score (nSPS) is 25.3. The van der Waals surface area contributed by atoms with E-state index in [1.807, 2.05) is 26.8 Å². The lowest BCUT2D eigenvalue weighted by atomic mass is 9.83. The fourth-order valence-electron chi connectivity index (χ4n) is 4.51. The van der Waals surface area contributed by atoms with Gasteiger partial charge < -0.3 is 15.4 Å². The molecule has 0 atom stereocenters. The first kappa shape index (κ1) is 20.1. The molecule has 1 saturated carbocycles. The molecule has 1 heterocycles. The molecule has 150 valence electrons. The van der Waals surface area contributed by atoms with Crippen molar-refractivity contribution in [1.82, 2.24) is 4.90 Å². The number of ether oxygens (including phenoxy) is 1. The monoisotopic (exact) mass is 376 g/mol. The van der Waals surface area contributed by atoms with Crippen LogP contribution in [-0.4, -0.2) is 35.6 Å². The summed E-state index contributed by atoms with van der Waals surface area (Å²) in [7, 11) is 0. The zero-order valence-corrected chi connectivity index (χ0v) is 16.8. The van der Waals surface area contributed by atoms with Crippen molar-refractivity contribution in [2.45, 2.75) is 76.9 Å². The topological polar surface area (TPSA) is 55.6 Å². The van der Waals surface area contributed by atoms with Gasteiger partial charge in [0.25, 0.3) is 0 Å². The predicted octanol–water partition coefficient (Wildman–Crippen LogP) is 4.49. The molecule has 0 unspecified atom stereocenters. The lowest BCUT2D eigenvalue weighted by Crippen LogP contribution is -2.44. The molecular weight excluding hydrogens is 343 g/mol. The van der Waals surface area contributed by atoms with Crippen molar-refractivity contribution in [2.24, 2.45) is 5.92 Å². The number of likely N-dealkylation sites (tertiary alicyclic amines) is 1. The van der Waals surface area contributed by atoms with Crippen LogP contribution < -0.4 is 5.73 Å². The lowest BCUT2D eigenvalue weighted by molar-refractivity contribution is -0.161. The van der Waals surface area contributed by atoms with Gasteiger partial charge in [-0.15, -0.1) is 0 Å². The fraction of sp³-hybridized carbons (Fsp3) is 0.682. The van der Waals surface area contributed by atoms with Gasteiger partial charge in [0.2, 0.25) is 0 Å². The Morgan fingerprint density at radius 1 is 1.11 bits per heavy atom. The molecule has 5 heteroatoms. The number of hydrogen-bond donors (Lipinski definition) is 1. The molecule has 4 nitrogen and oxygen atoms in total. The van der Waals surface area contributed by atoms with Crippen molar-refractivity contribution in [2.75, 3.05) is 18.8 Å². The van der Waals surface area contributed by atoms with E-state index in [-0.39, 0.29) is 23.6 Å². The summed E-state index contributed by atoms with van der Waals surface area (Å²) >= 11 is 0. The fourth-order valence-corrected chi connectivity index (χ4v) is 4.51. The summed E-state index contributed by atoms with van der Waals surface area (Å²) in [5.41, 5.74) is 6.54. The number of halogens is 1. The van der Waals surface area contributed by atoms with Gasteiger partial charge in [0.15, 0.2) is 0 Å². The Hall–Kier alpha value is -1.62. The maximum atomic E-state index is 14.2. The van der Waals surface area contributed by atoms with Gasteiger partial charge in [0, 0.05) is 11.7 Å². The predicted molar refractivity (Wildman–Crippen MR) is 106 cm³/mol. The van der Waals surface area contributed by atoms with Crippen molar-refractivity contribution in [3.05, 3.63) is 29.6 Å². The number of benzene rings is 1. The average Bonchev–Trinajstić information content (AvgIpc) is 2.61. The summed E-state index contributed by atoms with van der Waals surface area (Å²) < 4.78 is 19.7. The van der Waals surface area contributed by atoms with Crippen molar-refractivity contribution in [3.8, 4) is 0 Å². The van der Waals surface area contributed by atoms with Crippen LogP contribution in [0.3, 0.4) is 0 Å². The minimum Gasteiger partial charge on any atom is -0.460 e. The molecule has 3 rings (SSSR count). The molecule has 1 aliphatic heterocycles. The van der Waals surface area contributed by atoms with Gasteiger partial charge in [0.1, 0.15) is 11.4 Å². The number of nitrogens with zero attached hydrogens (tertiary/aromatic N) is 1. The molecule has 1 aromatic rings. The van der Waals surface area contributed by atoms with Crippen LogP contribution in [0.2, 0.25) is 0 Å². The van der Waals surface area contributed by atoms with Crippen LogP contribution in [0.25, 0.3) is 0 Å². The highest BCUT2D eigenvalue weighted by Crippen LogP contribution is 2.35. The van der Waals surface area contributed by atoms with Crippen LogP contribution in [-0.2, 0) is 9.53 Å². The number of carbonyl (C=O) groups excluding carboxylic acids is 1. The third-order valence-corrected chi connectivity index (χ3v) is 5.95. The summed E-state index contributed by atoms with van der Waals surface area (Å²) in [6, 6.07) is 5.61. The molecule has 2 fully saturated rings. The molecule has 0 radical (unpaired) electrons. The average molecular weight is 377 g/mol. The van der Waals surface area contributed by atoms with Crippen LogP contribution in [0.4, 0.5) is 10.1 Å². The molecule has 27 heavy (non-hydrogen) atoms. The van der Waals surface area contributed by atoms with E-state index in [4.69, 9.17) is 10.5 Å². The molecule has 1 aliphatic carbocycles. The van der Waals surface area contributed by atoms with Gasteiger partial charge in [-0.3, -0.25) is 4.79 Å². The minimum atomic E-state index is -0.410. The zero-order chi connectivity index (χ0) is 19.6. The van der Waals surface area contributed by atoms with Gasteiger partial charge >= 0.3 is 5.97 Å². The first-order valence-corrected chi connectivity index (χ1v) is 10.2. The van der Waals surface area contributed by atoms with E-state index in [0.29, 0.717) is 11.7 Å². The Labute approximate surface area is 162 Å². The SMILES string of the molecule is CC(C)(C)OC(=O)[C@H]1CC[C@H](N2CCC(c3ccc(N)cc3F)CC2)CC1. The standard InChI is InChI=1S/C22H33FN2O2/c1-22(2,3)27-21(26)16-4-7-18(8-5-16)25-12-10-15(11-13-25)19-9-6-17(24)14-20(19)23/h6,9,14-16,18H,4-5,7-8,10-13,24H2,1-3H3/t16-,18-. The van der Waals surface area contributed by atoms with Crippen LogP contribution in [0.1, 0.15) is 70.8 Å². The van der Waals surface area contributed by atoms with Crippen molar-refractivity contribution in [1.29, 1.82) is 0 Å². The third kappa shape index (κ3) is 5.22. The second-order valence-electron chi connectivity index (χ2n) is 9.13. The number of nitrogen functional groups attached to an aromatic ring is 1. The van der Waals surface area contributed by atoms with Crippen LogP contribution in [0, 0.1) is 11.7 Å². The van der Waals surface area contributed by atoms with Gasteiger partial charge in [0.05, 0.1) is 5.92 Å². The Kier molecular flexibility index (Phi) is 6.09. The highest BCUT2D eigenvalue weighted by molar-refractivity contribution is 5.73. The van der Waals surface area contributed by atoms with E-state index in [0.717, 1.165) is 57.2 Å². The summed E-state index contributed by atoms with van der Waals surface area (Å²) in [6.45, 7) is 7.76. The third-order valence-electron chi connectivity index (χ3n) is 5.95. The van der Waals surface area contributed by atoms with Crippen molar-refractivity contribution >= 4 is 11.7 Å². The number of esters is 1. The van der Waals surface area contributed by atoms with Crippen LogP contribution in [0.15, 0.2) is 18.2 Å². The summed E-state index contributed by atoms with van der Waals surface area (Å²) in [6.07, 6.45) is 5.87. The molecule has 0 amide bonds. The molecular formula is C22H33FN2O2. The second-order valence-corrected chi connectivity index (χ2v) is 9.13. The van der Waals surface area contributed by atoms with Gasteiger partial charge in [-0.25, -0.2) is 4.39 Å². The molecule has 2 aliphatic rings. The van der Waals surface area contributed by atoms with E-state index in [1.165, 1.54) is 6.07 Å². The number of rotatable bonds is 3. The Morgan fingerprint density at radius 3 is 2.30 bits per heavy atom. The molecule has 0 bridgehead atoms. The molecule has 2 N–H and O–H groups in total. The highest BCUT2D eigenvalue weighted by atomic mass is 19.1. The van der Waals surface area contributed by atoms with Crippen LogP contribution >= 0.6 is 0 Å². The van der Waals surface area contributed by atoms with Crippen molar-refractivity contribution < 1.29 is 13.9 Å². The van der Waals surface area contributed by atoms with Gasteiger partial charge in [-0.2, -0.15) is 0 Å². The van der Waals surface area contributed by atoms with Gasteiger partial charge in [-0.1, -0.05) is 6.07 Å². The second kappa shape index (κ2) is 8.17. The van der Waals surface area contributed by atoms with E-state index in [9.17, 15) is 9.18 Å². The van der Waals surface area contributed by atoms with Crippen molar-refractivity contribution in [3.63, 3.8) is 0 Å². The summed E-state index contributed by atoms with van der Waals surface area (Å²) in [5.74, 6) is 0.103. The van der Waals surface area contributed by atoms with E-state index >= 15 is 0 Å². The van der Waals surface area contributed by atoms with E-state index in [2.05, 4.69) is 4.90 Å². The Morgan fingerprint density at radius 2 is 1.74 bits per heavy atom. The summed E-state index contributed by atoms with van der Waals surface area (Å²) in [5, 5.41) is 0. The molecule has 1 aromatic carbocycles. The largest absolute Gasteiger partial charge is 0.460 e. The lowest BCUT2D eigenvalue weighted by Gasteiger charge is -2.40. The maximum absolute atomic E-state index is 14.2. The Bertz CT molecular complexity index is 655. The highest BCUT2D eigenvalue weighted by Gasteiger charge is 2.33. The number of piperidine rings is 1.